The summed E-state index contributed by atoms with van der Waals surface area (Å²) in [5.41, 5.74) is -7.92. The maximum absolute atomic E-state index is 14.8. The standard InChI is InChI=1S/C48H26F12N4/c49-45(50,51)29-13-5-1-9-25(29)41-33-17-19-35(61-33)42(26-10-2-6-14-30(26)46(52,53)54)37-21-23-39(63-37)44(28-12-4-8-16-32(28)48(58,59)60)40-24-22-38(64-40)43(36-20-18-34(41)62-36)27-11-3-7-15-31(27)47(55,56)57/h1-24,61,64H. The molecule has 0 fully saturated rings. The summed E-state index contributed by atoms with van der Waals surface area (Å²) in [6.07, 6.45) is -14.6. The smallest absolute Gasteiger partial charge is 0.354 e. The molecule has 3 aromatic heterocycles. The molecule has 2 N–H and O–H groups in total. The molecular formula is C48H26F12N4. The topological polar surface area (TPSA) is 57.4 Å². The van der Waals surface area contributed by atoms with Crippen molar-refractivity contribution in [1.29, 1.82) is 0 Å². The van der Waals surface area contributed by atoms with E-state index >= 15 is 0 Å². The van der Waals surface area contributed by atoms with Crippen molar-refractivity contribution in [3.8, 4) is 44.5 Å². The average Bonchev–Trinajstić information content (AvgIpc) is 4.08. The zero-order valence-electron chi connectivity index (χ0n) is 32.3. The first kappa shape index (κ1) is 42.0. The second-order valence-corrected chi connectivity index (χ2v) is 14.7. The molecule has 8 bridgehead atoms. The lowest BCUT2D eigenvalue weighted by atomic mass is 9.97. The van der Waals surface area contributed by atoms with Crippen LogP contribution in [0.25, 0.3) is 90.9 Å². The fourth-order valence-corrected chi connectivity index (χ4v) is 8.13. The molecule has 0 unspecified atom stereocenters. The van der Waals surface area contributed by atoms with Crippen LogP contribution in [0.3, 0.4) is 0 Å². The average molecular weight is 887 g/mol. The minimum absolute atomic E-state index is 0.0806. The van der Waals surface area contributed by atoms with Crippen LogP contribution in [0.5, 0.6) is 0 Å². The highest BCUT2D eigenvalue weighted by Gasteiger charge is 2.38. The summed E-state index contributed by atoms with van der Waals surface area (Å²) in [6, 6.07) is 23.2. The maximum Gasteiger partial charge on any atom is 0.417 e. The predicted molar refractivity (Wildman–Crippen MR) is 221 cm³/mol. The first-order valence-electron chi connectivity index (χ1n) is 19.1. The molecule has 64 heavy (non-hydrogen) atoms. The Labute approximate surface area is 353 Å². The van der Waals surface area contributed by atoms with Crippen LogP contribution in [-0.2, 0) is 24.7 Å². The summed E-state index contributed by atoms with van der Waals surface area (Å²) < 4.78 is 177. The zero-order valence-corrected chi connectivity index (χ0v) is 32.3. The number of hydrogen-bond donors (Lipinski definition) is 2. The van der Waals surface area contributed by atoms with Crippen LogP contribution < -0.4 is 0 Å². The quantitative estimate of drug-likeness (QED) is 0.173. The number of nitrogens with one attached hydrogen (secondary N) is 2. The number of H-pyrrole nitrogens is 2. The first-order valence-corrected chi connectivity index (χ1v) is 19.1. The van der Waals surface area contributed by atoms with Gasteiger partial charge in [-0.2, -0.15) is 52.7 Å². The Kier molecular flexibility index (Phi) is 9.95. The Morgan fingerprint density at radius 2 is 0.484 bits per heavy atom. The number of fused-ring (bicyclic) bond motifs is 8. The van der Waals surface area contributed by atoms with Gasteiger partial charge >= 0.3 is 24.7 Å². The molecule has 0 atom stereocenters. The third-order valence-corrected chi connectivity index (χ3v) is 10.8. The van der Waals surface area contributed by atoms with E-state index in [0.717, 1.165) is 72.8 Å². The lowest BCUT2D eigenvalue weighted by molar-refractivity contribution is -0.137. The molecule has 0 spiro atoms. The highest BCUT2D eigenvalue weighted by molar-refractivity contribution is 6.01. The van der Waals surface area contributed by atoms with Gasteiger partial charge in [0.15, 0.2) is 0 Å². The maximum atomic E-state index is 14.8. The van der Waals surface area contributed by atoms with E-state index in [-0.39, 0.29) is 67.1 Å². The van der Waals surface area contributed by atoms with Gasteiger partial charge in [0.05, 0.1) is 45.0 Å². The Bertz CT molecular complexity index is 2810. The lowest BCUT2D eigenvalue weighted by Crippen LogP contribution is -2.08. The first-order chi connectivity index (χ1) is 30.3. The largest absolute Gasteiger partial charge is 0.417 e. The normalized spacial score (nSPS) is 13.2. The molecule has 2 aliphatic heterocycles. The van der Waals surface area contributed by atoms with Crippen molar-refractivity contribution >= 4 is 46.4 Å². The SMILES string of the molecule is FC(F)(F)c1ccccc1-c1c2nc(c(-c3ccccc3C(F)(F)F)c3ccc([nH]3)c(-c3ccccc3C(F)(F)F)c3nc(c(-c4ccccc4C(F)(F)F)c4ccc1[nH]4)C=C3)C=C2. The van der Waals surface area contributed by atoms with Gasteiger partial charge in [-0.25, -0.2) is 9.97 Å². The molecule has 7 aromatic rings. The van der Waals surface area contributed by atoms with Gasteiger partial charge in [0.1, 0.15) is 0 Å². The van der Waals surface area contributed by atoms with Crippen molar-refractivity contribution < 1.29 is 52.7 Å². The third kappa shape index (κ3) is 7.51. The van der Waals surface area contributed by atoms with E-state index in [2.05, 4.69) is 19.9 Å². The van der Waals surface area contributed by atoms with Crippen molar-refractivity contribution in [2.45, 2.75) is 24.7 Å². The minimum Gasteiger partial charge on any atom is -0.354 e. The van der Waals surface area contributed by atoms with E-state index in [1.807, 2.05) is 0 Å². The van der Waals surface area contributed by atoms with Gasteiger partial charge in [-0.15, -0.1) is 0 Å². The molecular weight excluding hydrogens is 861 g/mol. The van der Waals surface area contributed by atoms with Gasteiger partial charge in [0.2, 0.25) is 0 Å². The van der Waals surface area contributed by atoms with Gasteiger partial charge < -0.3 is 9.97 Å². The van der Waals surface area contributed by atoms with E-state index in [4.69, 9.17) is 0 Å². The molecule has 16 heteroatoms. The lowest BCUT2D eigenvalue weighted by Gasteiger charge is -2.15. The van der Waals surface area contributed by atoms with E-state index in [1.54, 1.807) is 0 Å². The number of aromatic amines is 2. The molecule has 4 nitrogen and oxygen atoms in total. The fourth-order valence-electron chi connectivity index (χ4n) is 8.13. The highest BCUT2D eigenvalue weighted by Crippen LogP contribution is 2.46. The van der Waals surface area contributed by atoms with E-state index in [9.17, 15) is 52.7 Å². The van der Waals surface area contributed by atoms with Gasteiger partial charge in [-0.3, -0.25) is 0 Å². The zero-order chi connectivity index (χ0) is 45.3. The summed E-state index contributed by atoms with van der Waals surface area (Å²) in [5.74, 6) is 0. The van der Waals surface area contributed by atoms with E-state index < -0.39 is 69.2 Å². The number of benzene rings is 4. The van der Waals surface area contributed by atoms with Crippen LogP contribution in [0.2, 0.25) is 0 Å². The van der Waals surface area contributed by atoms with Gasteiger partial charge in [0.25, 0.3) is 0 Å². The number of hydrogen-bond acceptors (Lipinski definition) is 2. The summed E-state index contributed by atoms with van der Waals surface area (Å²) in [4.78, 5) is 15.3. The molecule has 4 aromatic carbocycles. The number of halogens is 12. The second kappa shape index (κ2) is 15.2. The van der Waals surface area contributed by atoms with Crippen molar-refractivity contribution in [3.05, 3.63) is 166 Å². The number of rotatable bonds is 4. The van der Waals surface area contributed by atoms with Crippen LogP contribution >= 0.6 is 0 Å². The van der Waals surface area contributed by atoms with E-state index in [1.165, 1.54) is 72.8 Å². The van der Waals surface area contributed by atoms with Crippen LogP contribution in [0.1, 0.15) is 45.0 Å². The van der Waals surface area contributed by atoms with Crippen LogP contribution in [-0.4, -0.2) is 19.9 Å². The Balaban J connectivity index is 1.54. The Morgan fingerprint density at radius 1 is 0.281 bits per heavy atom. The third-order valence-electron chi connectivity index (χ3n) is 10.8. The van der Waals surface area contributed by atoms with Gasteiger partial charge in [-0.1, -0.05) is 72.8 Å². The molecule has 5 heterocycles. The minimum atomic E-state index is -4.94. The van der Waals surface area contributed by atoms with E-state index in [0.29, 0.717) is 0 Å². The molecule has 2 aliphatic rings. The van der Waals surface area contributed by atoms with Crippen LogP contribution in [0, 0.1) is 0 Å². The molecule has 0 amide bonds. The Hall–Kier alpha value is -7.36. The number of nitrogens with zero attached hydrogens (tertiary/aromatic N) is 2. The number of aromatic nitrogens is 4. The molecule has 0 radical (unpaired) electrons. The van der Waals surface area contributed by atoms with Crippen LogP contribution in [0.15, 0.2) is 121 Å². The van der Waals surface area contributed by atoms with Crippen molar-refractivity contribution in [1.82, 2.24) is 19.9 Å². The Morgan fingerprint density at radius 3 is 0.688 bits per heavy atom. The molecule has 322 valence electrons. The highest BCUT2D eigenvalue weighted by atomic mass is 19.4. The van der Waals surface area contributed by atoms with Crippen molar-refractivity contribution in [3.63, 3.8) is 0 Å². The second-order valence-electron chi connectivity index (χ2n) is 14.7. The summed E-state index contributed by atoms with van der Waals surface area (Å²) in [6.45, 7) is 0. The van der Waals surface area contributed by atoms with Gasteiger partial charge in [0, 0.05) is 44.3 Å². The summed E-state index contributed by atoms with van der Waals surface area (Å²) in [7, 11) is 0. The fraction of sp³-hybridized carbons (Fsp3) is 0.0833. The monoisotopic (exact) mass is 886 g/mol. The molecule has 0 saturated carbocycles. The molecule has 9 rings (SSSR count). The molecule has 0 saturated heterocycles. The van der Waals surface area contributed by atoms with Gasteiger partial charge in [-0.05, 0) is 95.1 Å². The van der Waals surface area contributed by atoms with Crippen molar-refractivity contribution in [2.75, 3.05) is 0 Å². The number of alkyl halides is 12. The van der Waals surface area contributed by atoms with Crippen LogP contribution in [0.4, 0.5) is 52.7 Å². The summed E-state index contributed by atoms with van der Waals surface area (Å²) >= 11 is 0. The van der Waals surface area contributed by atoms with Crippen molar-refractivity contribution in [2.24, 2.45) is 0 Å². The summed E-state index contributed by atoms with van der Waals surface area (Å²) in [5, 5.41) is 0. The predicted octanol–water partition coefficient (Wildman–Crippen LogP) is 15.4. The molecule has 0 aliphatic carbocycles.